The predicted octanol–water partition coefficient (Wildman–Crippen LogP) is 4.07. The lowest BCUT2D eigenvalue weighted by Gasteiger charge is -2.20. The molecule has 0 fully saturated rings. The number of nitrogen functional groups attached to an aromatic ring is 1. The third kappa shape index (κ3) is 5.64. The molecule has 5 nitrogen and oxygen atoms in total. The molecule has 1 atom stereocenters. The number of carbonyl (C=O) groups is 1. The van der Waals surface area contributed by atoms with Crippen molar-refractivity contribution in [2.24, 2.45) is 0 Å². The second-order valence-electron chi connectivity index (χ2n) is 7.05. The second kappa shape index (κ2) is 8.43. The van der Waals surface area contributed by atoms with Crippen LogP contribution in [0.4, 0.5) is 10.5 Å². The lowest BCUT2D eigenvalue weighted by atomic mass is 9.94. The van der Waals surface area contributed by atoms with E-state index in [-0.39, 0.29) is 0 Å². The summed E-state index contributed by atoms with van der Waals surface area (Å²) in [4.78, 5) is 11.8. The number of nitrogens with one attached hydrogen (secondary N) is 1. The highest BCUT2D eigenvalue weighted by molar-refractivity contribution is 6.30. The molecule has 4 N–H and O–H groups in total. The Balaban J connectivity index is 2.10. The summed E-state index contributed by atoms with van der Waals surface area (Å²) in [6.07, 6.45) is -0.812. The van der Waals surface area contributed by atoms with Gasteiger partial charge in [-0.2, -0.15) is 0 Å². The van der Waals surface area contributed by atoms with Crippen LogP contribution in [0.25, 0.3) is 0 Å². The molecule has 2 rings (SSSR count). The Bertz CT molecular complexity index is 772. The number of hydrogen-bond donors (Lipinski definition) is 3. The molecule has 0 saturated heterocycles. The number of hydrogen-bond acceptors (Lipinski definition) is 4. The molecule has 0 bridgehead atoms. The molecule has 0 aromatic heterocycles. The van der Waals surface area contributed by atoms with E-state index in [1.807, 2.05) is 45.0 Å². The summed E-state index contributed by atoms with van der Waals surface area (Å²) >= 11 is 6.03. The minimum atomic E-state index is -0.897. The van der Waals surface area contributed by atoms with Crippen molar-refractivity contribution in [3.05, 3.63) is 64.2 Å². The maximum Gasteiger partial charge on any atom is 0.407 e. The van der Waals surface area contributed by atoms with Gasteiger partial charge in [-0.3, -0.25) is 0 Å². The van der Waals surface area contributed by atoms with Gasteiger partial charge in [-0.05, 0) is 56.5 Å². The number of aliphatic hydroxyl groups excluding tert-OH is 1. The zero-order valence-electron chi connectivity index (χ0n) is 15.3. The molecule has 26 heavy (non-hydrogen) atoms. The summed E-state index contributed by atoms with van der Waals surface area (Å²) in [6.45, 7) is 5.83. The van der Waals surface area contributed by atoms with Crippen molar-refractivity contribution < 1.29 is 14.6 Å². The molecule has 0 radical (unpaired) electrons. The summed E-state index contributed by atoms with van der Waals surface area (Å²) in [5.41, 5.74) is 8.12. The van der Waals surface area contributed by atoms with Crippen LogP contribution < -0.4 is 11.1 Å². The van der Waals surface area contributed by atoms with E-state index >= 15 is 0 Å². The minimum absolute atomic E-state index is 0.393. The topological polar surface area (TPSA) is 84.6 Å². The first-order valence-corrected chi connectivity index (χ1v) is 8.83. The van der Waals surface area contributed by atoms with Gasteiger partial charge in [0.2, 0.25) is 0 Å². The van der Waals surface area contributed by atoms with Crippen LogP contribution in [0, 0.1) is 0 Å². The van der Waals surface area contributed by atoms with Crippen LogP contribution in [-0.4, -0.2) is 23.3 Å². The van der Waals surface area contributed by atoms with Gasteiger partial charge in [0.05, 0.1) is 0 Å². The number of ether oxygens (including phenoxy) is 1. The van der Waals surface area contributed by atoms with Crippen molar-refractivity contribution in [2.75, 3.05) is 12.3 Å². The van der Waals surface area contributed by atoms with Gasteiger partial charge in [-0.25, -0.2) is 4.79 Å². The zero-order valence-corrected chi connectivity index (χ0v) is 16.0. The van der Waals surface area contributed by atoms with Crippen molar-refractivity contribution in [2.45, 2.75) is 38.9 Å². The number of nitrogens with two attached hydrogens (primary N) is 1. The monoisotopic (exact) mass is 376 g/mol. The van der Waals surface area contributed by atoms with Crippen LogP contribution in [-0.2, 0) is 11.2 Å². The number of rotatable bonds is 5. The molecule has 0 heterocycles. The maximum absolute atomic E-state index is 11.8. The SMILES string of the molecule is CC(C)(C)OC(=O)NCCc1ccccc1C(O)c1cc(Cl)ccc1N. The van der Waals surface area contributed by atoms with Gasteiger partial charge in [0, 0.05) is 22.8 Å². The van der Waals surface area contributed by atoms with Gasteiger partial charge in [0.1, 0.15) is 11.7 Å². The van der Waals surface area contributed by atoms with Crippen LogP contribution in [0.3, 0.4) is 0 Å². The van der Waals surface area contributed by atoms with Gasteiger partial charge in [-0.15, -0.1) is 0 Å². The normalized spacial score (nSPS) is 12.5. The highest BCUT2D eigenvalue weighted by Crippen LogP contribution is 2.31. The summed E-state index contributed by atoms with van der Waals surface area (Å²) in [6, 6.07) is 12.5. The van der Waals surface area contributed by atoms with Gasteiger partial charge < -0.3 is 20.9 Å². The Morgan fingerprint density at radius 3 is 2.62 bits per heavy atom. The van der Waals surface area contributed by atoms with Crippen molar-refractivity contribution in [3.63, 3.8) is 0 Å². The number of halogens is 1. The predicted molar refractivity (Wildman–Crippen MR) is 104 cm³/mol. The molecule has 6 heteroatoms. The second-order valence-corrected chi connectivity index (χ2v) is 7.49. The highest BCUT2D eigenvalue weighted by atomic mass is 35.5. The molecule has 0 saturated carbocycles. The van der Waals surface area contributed by atoms with Gasteiger partial charge in [-0.1, -0.05) is 35.9 Å². The van der Waals surface area contributed by atoms with Gasteiger partial charge in [0.15, 0.2) is 0 Å². The molecule has 1 unspecified atom stereocenters. The quantitative estimate of drug-likeness (QED) is 0.686. The van der Waals surface area contributed by atoms with Crippen molar-refractivity contribution in [1.82, 2.24) is 5.32 Å². The first-order chi connectivity index (χ1) is 12.2. The zero-order chi connectivity index (χ0) is 19.3. The Morgan fingerprint density at radius 1 is 1.23 bits per heavy atom. The van der Waals surface area contributed by atoms with Crippen molar-refractivity contribution >= 4 is 23.4 Å². The summed E-state index contributed by atoms with van der Waals surface area (Å²) < 4.78 is 5.22. The van der Waals surface area contributed by atoms with Crippen LogP contribution in [0.5, 0.6) is 0 Å². The number of amides is 1. The van der Waals surface area contributed by atoms with Crippen molar-refractivity contribution in [3.8, 4) is 0 Å². The summed E-state index contributed by atoms with van der Waals surface area (Å²) in [7, 11) is 0. The molecule has 2 aromatic carbocycles. The number of alkyl carbamates (subject to hydrolysis) is 1. The molecule has 2 aromatic rings. The van der Waals surface area contributed by atoms with Crippen LogP contribution >= 0.6 is 11.6 Å². The molecule has 0 spiro atoms. The Hall–Kier alpha value is -2.24. The van der Waals surface area contributed by atoms with Crippen LogP contribution in [0.2, 0.25) is 5.02 Å². The van der Waals surface area contributed by atoms with Crippen LogP contribution in [0.15, 0.2) is 42.5 Å². The molecule has 0 aliphatic carbocycles. The lowest BCUT2D eigenvalue weighted by Crippen LogP contribution is -2.33. The summed E-state index contributed by atoms with van der Waals surface area (Å²) in [5.74, 6) is 0. The Kier molecular flexibility index (Phi) is 6.51. The smallest absolute Gasteiger partial charge is 0.407 e. The lowest BCUT2D eigenvalue weighted by molar-refractivity contribution is 0.0528. The van der Waals surface area contributed by atoms with E-state index in [0.717, 1.165) is 11.1 Å². The van der Waals surface area contributed by atoms with Crippen LogP contribution in [0.1, 0.15) is 43.6 Å². The fourth-order valence-electron chi connectivity index (χ4n) is 2.59. The Labute approximate surface area is 159 Å². The number of anilines is 1. The first kappa shape index (κ1) is 20.1. The third-order valence-corrected chi connectivity index (χ3v) is 3.99. The van der Waals surface area contributed by atoms with Gasteiger partial charge in [0.25, 0.3) is 0 Å². The van der Waals surface area contributed by atoms with E-state index in [2.05, 4.69) is 5.32 Å². The fraction of sp³-hybridized carbons (Fsp3) is 0.350. The highest BCUT2D eigenvalue weighted by Gasteiger charge is 2.18. The average Bonchev–Trinajstić information content (AvgIpc) is 2.55. The third-order valence-electron chi connectivity index (χ3n) is 3.76. The first-order valence-electron chi connectivity index (χ1n) is 8.45. The Morgan fingerprint density at radius 2 is 1.92 bits per heavy atom. The minimum Gasteiger partial charge on any atom is -0.444 e. The molecule has 0 aliphatic heterocycles. The molecular formula is C20H25ClN2O3. The fourth-order valence-corrected chi connectivity index (χ4v) is 2.77. The van der Waals surface area contributed by atoms with E-state index < -0.39 is 17.8 Å². The number of aliphatic hydroxyl groups is 1. The molecule has 1 amide bonds. The summed E-state index contributed by atoms with van der Waals surface area (Å²) in [5, 5.41) is 14.0. The standard InChI is InChI=1S/C20H25ClN2O3/c1-20(2,3)26-19(25)23-11-10-13-6-4-5-7-15(13)18(24)16-12-14(21)8-9-17(16)22/h4-9,12,18,24H,10-11,22H2,1-3H3,(H,23,25). The molecule has 140 valence electrons. The number of carbonyl (C=O) groups excluding carboxylic acids is 1. The van der Waals surface area contributed by atoms with E-state index in [1.165, 1.54) is 0 Å². The average molecular weight is 377 g/mol. The van der Waals surface area contributed by atoms with E-state index in [9.17, 15) is 9.90 Å². The largest absolute Gasteiger partial charge is 0.444 e. The number of benzene rings is 2. The van der Waals surface area contributed by atoms with E-state index in [1.54, 1.807) is 18.2 Å². The maximum atomic E-state index is 11.8. The molecule has 0 aliphatic rings. The molecular weight excluding hydrogens is 352 g/mol. The van der Waals surface area contributed by atoms with E-state index in [4.69, 9.17) is 22.1 Å². The van der Waals surface area contributed by atoms with Gasteiger partial charge >= 0.3 is 6.09 Å². The van der Waals surface area contributed by atoms with Crippen molar-refractivity contribution in [1.29, 1.82) is 0 Å². The van der Waals surface area contributed by atoms with E-state index in [0.29, 0.717) is 29.2 Å².